The second-order valence-electron chi connectivity index (χ2n) is 5.83. The molecule has 0 aliphatic carbocycles. The van der Waals surface area contributed by atoms with Crippen molar-refractivity contribution in [2.75, 3.05) is 32.7 Å². The minimum Gasteiger partial charge on any atom is -0.490 e. The van der Waals surface area contributed by atoms with E-state index < -0.39 is 11.6 Å². The van der Waals surface area contributed by atoms with Crippen LogP contribution in [0.25, 0.3) is 0 Å². The van der Waals surface area contributed by atoms with Crippen molar-refractivity contribution in [3.05, 3.63) is 52.0 Å². The molecule has 0 fully saturated rings. The molecule has 1 amide bonds. The van der Waals surface area contributed by atoms with Gasteiger partial charge in [-0.05, 0) is 52.7 Å². The van der Waals surface area contributed by atoms with Gasteiger partial charge in [0.05, 0.1) is 23.0 Å². The summed E-state index contributed by atoms with van der Waals surface area (Å²) in [5, 5.41) is 3.96. The van der Waals surface area contributed by atoms with Crippen LogP contribution in [0.15, 0.2) is 39.9 Å². The molecule has 0 radical (unpaired) electrons. The van der Waals surface area contributed by atoms with Crippen LogP contribution in [0, 0.1) is 11.6 Å². The number of ether oxygens (including phenoxy) is 2. The Balaban J connectivity index is 2.17. The number of carbonyl (C=O) groups excluding carboxylic acids is 1. The lowest BCUT2D eigenvalue weighted by molar-refractivity contribution is -0.130. The van der Waals surface area contributed by atoms with E-state index in [9.17, 15) is 13.6 Å². The Hall–Kier alpha value is -2.68. The molecule has 2 rings (SSSR count). The maximum Gasteiger partial charge on any atom is 0.259 e. The number of anilines is 1. The van der Waals surface area contributed by atoms with E-state index in [1.807, 2.05) is 6.92 Å². The van der Waals surface area contributed by atoms with Gasteiger partial charge in [0.2, 0.25) is 0 Å². The minimum absolute atomic E-state index is 0.0453. The van der Waals surface area contributed by atoms with Crippen LogP contribution in [0.5, 0.6) is 11.5 Å². The first-order valence-corrected chi connectivity index (χ1v) is 9.14. The molecule has 0 aliphatic rings. The van der Waals surface area contributed by atoms with Crippen LogP contribution >= 0.6 is 15.9 Å². The highest BCUT2D eigenvalue weighted by atomic mass is 79.9. The van der Waals surface area contributed by atoms with Crippen LogP contribution in [0.2, 0.25) is 0 Å². The smallest absolute Gasteiger partial charge is 0.259 e. The lowest BCUT2D eigenvalue weighted by Crippen LogP contribution is -2.27. The highest BCUT2D eigenvalue weighted by Gasteiger charge is 2.14. The molecule has 0 saturated heterocycles. The van der Waals surface area contributed by atoms with Crippen LogP contribution in [0.4, 0.5) is 14.5 Å². The zero-order chi connectivity index (χ0) is 20.7. The zero-order valence-electron chi connectivity index (χ0n) is 15.6. The molecular weight excluding hydrogens is 436 g/mol. The molecule has 0 unspecified atom stereocenters. The number of likely N-dealkylation sites (N-methyl/N-ethyl adjacent to an activating group) is 1. The normalized spacial score (nSPS) is 10.8. The number of hydrogen-bond donors (Lipinski definition) is 1. The highest BCUT2D eigenvalue weighted by Crippen LogP contribution is 2.36. The average Bonchev–Trinajstić information content (AvgIpc) is 2.62. The van der Waals surface area contributed by atoms with Gasteiger partial charge in [-0.1, -0.05) is 0 Å². The van der Waals surface area contributed by atoms with Crippen molar-refractivity contribution < 1.29 is 23.0 Å². The fourth-order valence-electron chi connectivity index (χ4n) is 2.08. The number of nitrogens with one attached hydrogen (secondary N) is 1. The number of halogens is 3. The second-order valence-corrected chi connectivity index (χ2v) is 6.69. The summed E-state index contributed by atoms with van der Waals surface area (Å²) in [6.07, 6.45) is 1.45. The van der Waals surface area contributed by atoms with Gasteiger partial charge in [0.25, 0.3) is 5.91 Å². The van der Waals surface area contributed by atoms with Crippen LogP contribution in [0.1, 0.15) is 12.5 Å². The molecule has 0 saturated carbocycles. The molecule has 0 bridgehead atoms. The summed E-state index contributed by atoms with van der Waals surface area (Å²) in [6, 6.07) is 6.54. The molecule has 0 atom stereocenters. The summed E-state index contributed by atoms with van der Waals surface area (Å²) in [7, 11) is 3.28. The Morgan fingerprint density at radius 1 is 1.25 bits per heavy atom. The van der Waals surface area contributed by atoms with E-state index in [1.165, 1.54) is 17.2 Å². The lowest BCUT2D eigenvalue weighted by atomic mass is 10.2. The quantitative estimate of drug-likeness (QED) is 0.481. The standard InChI is InChI=1S/C19H20BrF2N3O3/c1-4-27-17-8-12(7-14(20)19(17)28-11-18(26)25(2)3)10-23-24-16-6-5-13(21)9-15(16)22/h5-10,24H,4,11H2,1-3H3. The molecule has 0 aliphatic heterocycles. The molecule has 0 spiro atoms. The summed E-state index contributed by atoms with van der Waals surface area (Å²) < 4.78 is 38.3. The number of hydrazone groups is 1. The van der Waals surface area contributed by atoms with E-state index in [0.717, 1.165) is 12.1 Å². The van der Waals surface area contributed by atoms with Gasteiger partial charge in [-0.25, -0.2) is 8.78 Å². The number of benzene rings is 2. The van der Waals surface area contributed by atoms with Gasteiger partial charge in [-0.3, -0.25) is 10.2 Å². The summed E-state index contributed by atoms with van der Waals surface area (Å²) in [4.78, 5) is 13.2. The van der Waals surface area contributed by atoms with E-state index >= 15 is 0 Å². The number of amides is 1. The predicted molar refractivity (Wildman–Crippen MR) is 107 cm³/mol. The fourth-order valence-corrected chi connectivity index (χ4v) is 2.66. The lowest BCUT2D eigenvalue weighted by Gasteiger charge is -2.16. The SMILES string of the molecule is CCOc1cc(C=NNc2ccc(F)cc2F)cc(Br)c1OCC(=O)N(C)C. The molecule has 0 aromatic heterocycles. The van der Waals surface area contributed by atoms with E-state index in [-0.39, 0.29) is 18.2 Å². The highest BCUT2D eigenvalue weighted by molar-refractivity contribution is 9.10. The van der Waals surface area contributed by atoms with E-state index in [1.54, 1.807) is 26.2 Å². The first kappa shape index (κ1) is 21.6. The predicted octanol–water partition coefficient (Wildman–Crippen LogP) is 4.04. The summed E-state index contributed by atoms with van der Waals surface area (Å²) in [5.41, 5.74) is 3.20. The number of nitrogens with zero attached hydrogens (tertiary/aromatic N) is 2. The van der Waals surface area contributed by atoms with Crippen molar-refractivity contribution in [1.29, 1.82) is 0 Å². The first-order chi connectivity index (χ1) is 13.3. The van der Waals surface area contributed by atoms with Crippen LogP contribution < -0.4 is 14.9 Å². The van der Waals surface area contributed by atoms with Crippen molar-refractivity contribution in [1.82, 2.24) is 4.90 Å². The number of hydrogen-bond acceptors (Lipinski definition) is 5. The largest absolute Gasteiger partial charge is 0.490 e. The van der Waals surface area contributed by atoms with Gasteiger partial charge in [-0.15, -0.1) is 0 Å². The first-order valence-electron chi connectivity index (χ1n) is 8.35. The molecule has 2 aromatic carbocycles. The maximum atomic E-state index is 13.6. The monoisotopic (exact) mass is 455 g/mol. The van der Waals surface area contributed by atoms with Crippen LogP contribution in [-0.2, 0) is 4.79 Å². The Kier molecular flexibility index (Phi) is 7.74. The van der Waals surface area contributed by atoms with E-state index in [0.29, 0.717) is 28.1 Å². The molecular formula is C19H20BrF2N3O3. The second kappa shape index (κ2) is 10.0. The van der Waals surface area contributed by atoms with Crippen LogP contribution in [0.3, 0.4) is 0 Å². The average molecular weight is 456 g/mol. The van der Waals surface area contributed by atoms with Crippen LogP contribution in [-0.4, -0.2) is 44.3 Å². The summed E-state index contributed by atoms with van der Waals surface area (Å²) in [5.74, 6) is -0.779. The molecule has 1 N–H and O–H groups in total. The molecule has 9 heteroatoms. The summed E-state index contributed by atoms with van der Waals surface area (Å²) in [6.45, 7) is 2.08. The van der Waals surface area contributed by atoms with Crippen molar-refractivity contribution in [2.45, 2.75) is 6.92 Å². The Morgan fingerprint density at radius 2 is 2.00 bits per heavy atom. The number of rotatable bonds is 8. The van der Waals surface area contributed by atoms with Crippen molar-refractivity contribution in [3.63, 3.8) is 0 Å². The van der Waals surface area contributed by atoms with Gasteiger partial charge in [0.1, 0.15) is 5.82 Å². The van der Waals surface area contributed by atoms with Crippen molar-refractivity contribution in [2.24, 2.45) is 5.10 Å². The molecule has 0 heterocycles. The third-order valence-electron chi connectivity index (χ3n) is 3.50. The Bertz CT molecular complexity index is 876. The Labute approximate surface area is 170 Å². The van der Waals surface area contributed by atoms with Gasteiger partial charge >= 0.3 is 0 Å². The summed E-state index contributed by atoms with van der Waals surface area (Å²) >= 11 is 3.40. The Morgan fingerprint density at radius 3 is 2.64 bits per heavy atom. The zero-order valence-corrected chi connectivity index (χ0v) is 17.2. The molecule has 6 nitrogen and oxygen atoms in total. The number of carbonyl (C=O) groups is 1. The fraction of sp³-hybridized carbons (Fsp3) is 0.263. The molecule has 150 valence electrons. The van der Waals surface area contributed by atoms with Gasteiger partial charge in [0.15, 0.2) is 23.9 Å². The van der Waals surface area contributed by atoms with E-state index in [2.05, 4.69) is 26.5 Å². The van der Waals surface area contributed by atoms with Gasteiger partial charge < -0.3 is 14.4 Å². The van der Waals surface area contributed by atoms with E-state index in [4.69, 9.17) is 9.47 Å². The molecule has 28 heavy (non-hydrogen) atoms. The molecule has 2 aromatic rings. The van der Waals surface area contributed by atoms with Gasteiger partial charge in [-0.2, -0.15) is 5.10 Å². The van der Waals surface area contributed by atoms with Crippen molar-refractivity contribution in [3.8, 4) is 11.5 Å². The van der Waals surface area contributed by atoms with Crippen molar-refractivity contribution >= 4 is 33.7 Å². The topological polar surface area (TPSA) is 63.2 Å². The third kappa shape index (κ3) is 5.91. The minimum atomic E-state index is -0.748. The maximum absolute atomic E-state index is 13.6. The van der Waals surface area contributed by atoms with Gasteiger partial charge in [0, 0.05) is 20.2 Å². The third-order valence-corrected chi connectivity index (χ3v) is 4.09.